The van der Waals surface area contributed by atoms with Crippen LogP contribution in [0.2, 0.25) is 29.6 Å². The Balaban J connectivity index is 3.18. The topological polar surface area (TPSA) is 0 Å². The van der Waals surface area contributed by atoms with Crippen LogP contribution in [0.4, 0.5) is 26.3 Å². The van der Waals surface area contributed by atoms with Gasteiger partial charge in [0.25, 0.3) is 0 Å². The van der Waals surface area contributed by atoms with Gasteiger partial charge in [-0.2, -0.15) is 0 Å². The van der Waals surface area contributed by atoms with Gasteiger partial charge in [0.05, 0.1) is 0 Å². The predicted octanol–water partition coefficient (Wildman–Crippen LogP) is 6.44. The SMILES string of the molecule is [CH3][Sn]([CH3])([CH3])[C]1=[C]([Sn]([CH3])([CH3])[CH3])[C@@]2(F)C(F)=C(F)[C@]1(F)[C@](F)(Cl)[C@]2(F)Cl. The number of alkyl halides is 6. The van der Waals surface area contributed by atoms with Gasteiger partial charge in [-0.15, -0.1) is 0 Å². The van der Waals surface area contributed by atoms with Gasteiger partial charge >= 0.3 is 156 Å². The van der Waals surface area contributed by atoms with Crippen LogP contribution in [0.5, 0.6) is 0 Å². The third-order valence-electron chi connectivity index (χ3n) is 4.50. The number of halogens is 8. The second kappa shape index (κ2) is 5.40. The summed E-state index contributed by atoms with van der Waals surface area (Å²) in [6.07, 6.45) is 0. The van der Waals surface area contributed by atoms with Crippen molar-refractivity contribution in [3.05, 3.63) is 18.8 Å². The molecule has 0 amide bonds. The summed E-state index contributed by atoms with van der Waals surface area (Å²) in [4.78, 5) is 9.50. The van der Waals surface area contributed by atoms with E-state index in [0.29, 0.717) is 0 Å². The molecule has 0 aromatic rings. The van der Waals surface area contributed by atoms with Crippen molar-refractivity contribution in [2.24, 2.45) is 0 Å². The zero-order valence-electron chi connectivity index (χ0n) is 14.0. The average Bonchev–Trinajstić information content (AvgIpc) is 2.35. The molecule has 2 bridgehead atoms. The molecule has 0 aromatic heterocycles. The zero-order chi connectivity index (χ0) is 19.3. The minimum absolute atomic E-state index is 0.479. The molecule has 138 valence electrons. The number of allylic oxidation sites excluding steroid dienone is 4. The van der Waals surface area contributed by atoms with Crippen LogP contribution in [0.25, 0.3) is 0 Å². The fourth-order valence-corrected chi connectivity index (χ4v) is 31.9. The molecule has 0 spiro atoms. The predicted molar refractivity (Wildman–Crippen MR) is 90.0 cm³/mol. The fourth-order valence-electron chi connectivity index (χ4n) is 3.67. The summed E-state index contributed by atoms with van der Waals surface area (Å²) in [7, 11) is 0. The van der Waals surface area contributed by atoms with Crippen molar-refractivity contribution < 1.29 is 26.3 Å². The summed E-state index contributed by atoms with van der Waals surface area (Å²) in [6, 6.07) is 0. The number of fused-ring (bicyclic) bond motifs is 1. The van der Waals surface area contributed by atoms with Gasteiger partial charge in [-0.05, 0) is 0 Å². The second-order valence-corrected chi connectivity index (χ2v) is 37.9. The summed E-state index contributed by atoms with van der Waals surface area (Å²) in [5.74, 6) is -4.67. The quantitative estimate of drug-likeness (QED) is 0.192. The van der Waals surface area contributed by atoms with Crippen LogP contribution in [0.15, 0.2) is 18.8 Å². The Morgan fingerprint density at radius 3 is 1.00 bits per heavy atom. The second-order valence-electron chi connectivity index (χ2n) is 8.34. The van der Waals surface area contributed by atoms with Crippen molar-refractivity contribution >= 4 is 60.0 Å². The first-order valence-electron chi connectivity index (χ1n) is 7.26. The molecule has 0 nitrogen and oxygen atoms in total. The molecule has 0 radical (unpaired) electrons. The van der Waals surface area contributed by atoms with Crippen LogP contribution in [-0.2, 0) is 0 Å². The van der Waals surface area contributed by atoms with Gasteiger partial charge in [0, 0.05) is 0 Å². The van der Waals surface area contributed by atoms with Crippen molar-refractivity contribution in [3.8, 4) is 0 Å². The Bertz CT molecular complexity index is 618. The van der Waals surface area contributed by atoms with E-state index in [1.165, 1.54) is 0 Å². The Hall–Kier alpha value is 1.24. The van der Waals surface area contributed by atoms with E-state index in [9.17, 15) is 17.6 Å². The van der Waals surface area contributed by atoms with Crippen LogP contribution in [0.3, 0.4) is 0 Å². The van der Waals surface area contributed by atoms with E-state index >= 15 is 8.78 Å². The Labute approximate surface area is 155 Å². The first-order chi connectivity index (χ1) is 10.3. The van der Waals surface area contributed by atoms with Crippen molar-refractivity contribution in [1.82, 2.24) is 0 Å². The molecule has 3 aliphatic carbocycles. The van der Waals surface area contributed by atoms with E-state index in [0.717, 1.165) is 0 Å². The van der Waals surface area contributed by atoms with Gasteiger partial charge in [0.2, 0.25) is 0 Å². The van der Waals surface area contributed by atoms with E-state index in [4.69, 9.17) is 23.2 Å². The van der Waals surface area contributed by atoms with Gasteiger partial charge < -0.3 is 0 Å². The average molecular weight is 609 g/mol. The summed E-state index contributed by atoms with van der Waals surface area (Å²) >= 11 is 3.03. The van der Waals surface area contributed by atoms with E-state index < -0.39 is 77.2 Å². The summed E-state index contributed by atoms with van der Waals surface area (Å²) in [5.41, 5.74) is -7.87. The monoisotopic (exact) mass is 610 g/mol. The van der Waals surface area contributed by atoms with Crippen molar-refractivity contribution in [3.63, 3.8) is 0 Å². The van der Waals surface area contributed by atoms with Gasteiger partial charge in [-0.1, -0.05) is 0 Å². The fraction of sp³-hybridized carbons (Fsp3) is 0.714. The molecule has 0 aliphatic heterocycles. The summed E-state index contributed by atoms with van der Waals surface area (Å²) < 4.78 is 89.3. The van der Waals surface area contributed by atoms with Gasteiger partial charge in [-0.3, -0.25) is 0 Å². The van der Waals surface area contributed by atoms with Gasteiger partial charge in [-0.25, -0.2) is 0 Å². The number of hydrogen-bond donors (Lipinski definition) is 0. The third-order valence-corrected chi connectivity index (χ3v) is 19.6. The van der Waals surface area contributed by atoms with Gasteiger partial charge in [0.15, 0.2) is 0 Å². The normalized spacial score (nSPS) is 43.8. The summed E-state index contributed by atoms with van der Waals surface area (Å²) in [6.45, 7) is 0. The minimum atomic E-state index is -4.30. The molecule has 0 N–H and O–H groups in total. The van der Waals surface area contributed by atoms with Crippen molar-refractivity contribution in [2.75, 3.05) is 0 Å². The van der Waals surface area contributed by atoms with E-state index in [-0.39, 0.29) is 0 Å². The first-order valence-corrected chi connectivity index (χ1v) is 28.0. The molecular weight excluding hydrogens is 590 g/mol. The van der Waals surface area contributed by atoms with Crippen LogP contribution < -0.4 is 0 Å². The van der Waals surface area contributed by atoms with E-state index in [2.05, 4.69) is 0 Å². The Morgan fingerprint density at radius 1 is 0.625 bits per heavy atom. The maximum atomic E-state index is 15.7. The zero-order valence-corrected chi connectivity index (χ0v) is 21.2. The molecule has 0 saturated heterocycles. The van der Waals surface area contributed by atoms with Crippen LogP contribution >= 0.6 is 23.2 Å². The first kappa shape index (κ1) is 21.5. The number of rotatable bonds is 2. The third kappa shape index (κ3) is 2.20. The van der Waals surface area contributed by atoms with Crippen LogP contribution in [0.1, 0.15) is 0 Å². The molecule has 0 heterocycles. The molecule has 3 aliphatic rings. The number of hydrogen-bond acceptors (Lipinski definition) is 0. The standard InChI is InChI=1S/C8Cl2F6.6CH3.2Sn/c9-7(15)5(13)1-2-6(14,8(7,10)16)4(12)3(5)11;;;;;;;;/h;6*1H3;;/t5-,6+,7+,8-;;;;;;;;. The van der Waals surface area contributed by atoms with Crippen LogP contribution in [0, 0.1) is 0 Å². The molecule has 0 aromatic carbocycles. The molecule has 3 rings (SSSR count). The Kier molecular flexibility index (Phi) is 4.84. The molecule has 0 fully saturated rings. The molecular formula is C14H18Cl2F6Sn2. The van der Waals surface area contributed by atoms with Crippen LogP contribution in [-0.4, -0.2) is 58.3 Å². The molecule has 4 atom stereocenters. The molecule has 0 saturated carbocycles. The van der Waals surface area contributed by atoms with Gasteiger partial charge in [0.1, 0.15) is 0 Å². The van der Waals surface area contributed by atoms with Crippen molar-refractivity contribution in [2.45, 2.75) is 51.2 Å². The maximum absolute atomic E-state index is 15.7. The summed E-state index contributed by atoms with van der Waals surface area (Å²) in [5, 5.41) is -8.59. The molecule has 10 heteroatoms. The van der Waals surface area contributed by atoms with E-state index in [1.807, 2.05) is 0 Å². The molecule has 0 unspecified atom stereocenters. The molecule has 24 heavy (non-hydrogen) atoms. The van der Waals surface area contributed by atoms with E-state index in [1.54, 1.807) is 29.6 Å². The Morgan fingerprint density at radius 2 is 0.833 bits per heavy atom. The van der Waals surface area contributed by atoms with Crippen molar-refractivity contribution in [1.29, 1.82) is 0 Å².